The molecule has 1 aromatic heterocycles. The number of rotatable bonds is 5. The van der Waals surface area contributed by atoms with Gasteiger partial charge in [-0.2, -0.15) is 0 Å². The second kappa shape index (κ2) is 6.85. The van der Waals surface area contributed by atoms with Crippen LogP contribution in [0.1, 0.15) is 17.3 Å². The summed E-state index contributed by atoms with van der Waals surface area (Å²) in [5.41, 5.74) is -0.621. The first-order chi connectivity index (χ1) is 11.6. The smallest absolute Gasteiger partial charge is 0.271 e. The van der Waals surface area contributed by atoms with Crippen LogP contribution in [-0.4, -0.2) is 30.1 Å². The van der Waals surface area contributed by atoms with Crippen molar-refractivity contribution >= 4 is 27.1 Å². The van der Waals surface area contributed by atoms with Crippen LogP contribution in [0.5, 0.6) is 0 Å². The molecule has 0 atom stereocenters. The van der Waals surface area contributed by atoms with E-state index in [2.05, 4.69) is 5.32 Å². The van der Waals surface area contributed by atoms with Crippen molar-refractivity contribution < 1.29 is 18.1 Å². The number of benzene rings is 1. The van der Waals surface area contributed by atoms with E-state index in [0.717, 1.165) is 24.5 Å². The highest BCUT2D eigenvalue weighted by Crippen LogP contribution is 2.21. The molecule has 0 fully saturated rings. The lowest BCUT2D eigenvalue weighted by atomic mass is 10.2. The van der Waals surface area contributed by atoms with E-state index in [0.29, 0.717) is 12.2 Å². The molecule has 1 aromatic carbocycles. The summed E-state index contributed by atoms with van der Waals surface area (Å²) in [6.45, 7) is 2.16. The summed E-state index contributed by atoms with van der Waals surface area (Å²) in [7, 11) is -3.73. The Morgan fingerprint density at radius 1 is 1.28 bits per heavy atom. The van der Waals surface area contributed by atoms with Crippen LogP contribution < -0.4 is 10.9 Å². The third-order valence-corrected chi connectivity index (χ3v) is 4.47. The van der Waals surface area contributed by atoms with Crippen molar-refractivity contribution in [2.75, 3.05) is 11.6 Å². The summed E-state index contributed by atoms with van der Waals surface area (Å²) >= 11 is 0. The van der Waals surface area contributed by atoms with Crippen molar-refractivity contribution in [3.8, 4) is 0 Å². The molecule has 9 nitrogen and oxygen atoms in total. The number of anilines is 1. The number of non-ortho nitro benzene ring substituents is 1. The number of nitrogens with one attached hydrogen (secondary N) is 1. The van der Waals surface area contributed by atoms with Gasteiger partial charge in [-0.25, -0.2) is 8.42 Å². The second-order valence-corrected chi connectivity index (χ2v) is 7.26. The first-order valence-electron chi connectivity index (χ1n) is 7.13. The maximum Gasteiger partial charge on any atom is 0.271 e. The molecule has 0 unspecified atom stereocenters. The number of aromatic nitrogens is 1. The fourth-order valence-electron chi connectivity index (χ4n) is 2.09. The Bertz CT molecular complexity index is 1010. The van der Waals surface area contributed by atoms with Crippen molar-refractivity contribution in [1.29, 1.82) is 0 Å². The molecule has 0 aliphatic heterocycles. The molecular weight excluding hydrogens is 350 g/mol. The number of hydrogen-bond acceptors (Lipinski definition) is 6. The largest absolute Gasteiger partial charge is 0.321 e. The number of pyridine rings is 1. The highest BCUT2D eigenvalue weighted by Gasteiger charge is 2.19. The highest BCUT2D eigenvalue weighted by atomic mass is 32.2. The zero-order valence-electron chi connectivity index (χ0n) is 13.4. The molecule has 10 heteroatoms. The molecule has 1 amide bonds. The van der Waals surface area contributed by atoms with E-state index < -0.39 is 26.4 Å². The van der Waals surface area contributed by atoms with Crippen molar-refractivity contribution in [2.45, 2.75) is 18.4 Å². The highest BCUT2D eigenvalue weighted by molar-refractivity contribution is 7.90. The average Bonchev–Trinajstić information content (AvgIpc) is 2.55. The van der Waals surface area contributed by atoms with Crippen LogP contribution in [0.15, 0.2) is 46.2 Å². The van der Waals surface area contributed by atoms with Gasteiger partial charge < -0.3 is 9.88 Å². The van der Waals surface area contributed by atoms with Crippen LogP contribution in [0, 0.1) is 10.1 Å². The number of carbonyl (C=O) groups excluding carboxylic acids is 1. The molecule has 0 radical (unpaired) electrons. The first kappa shape index (κ1) is 18.3. The summed E-state index contributed by atoms with van der Waals surface area (Å²) in [6.07, 6.45) is 2.32. The Kier molecular flexibility index (Phi) is 5.02. The van der Waals surface area contributed by atoms with Gasteiger partial charge in [0.25, 0.3) is 17.2 Å². The standard InChI is InChI=1S/C15H15N3O6S/c1-3-17-9-11(4-5-14(17)19)16-15(20)10-6-12(18(21)22)8-13(7-10)25(2,23)24/h4-9H,3H2,1-2H3,(H,16,20). The van der Waals surface area contributed by atoms with Crippen LogP contribution in [0.4, 0.5) is 11.4 Å². The van der Waals surface area contributed by atoms with E-state index in [1.54, 1.807) is 6.92 Å². The quantitative estimate of drug-likeness (QED) is 0.630. The molecule has 132 valence electrons. The monoisotopic (exact) mass is 365 g/mol. The Hall–Kier alpha value is -3.01. The maximum atomic E-state index is 12.3. The van der Waals surface area contributed by atoms with Gasteiger partial charge in [-0.1, -0.05) is 0 Å². The van der Waals surface area contributed by atoms with Crippen LogP contribution in [0.25, 0.3) is 0 Å². The second-order valence-electron chi connectivity index (χ2n) is 5.24. The van der Waals surface area contributed by atoms with Gasteiger partial charge in [0.15, 0.2) is 9.84 Å². The fourth-order valence-corrected chi connectivity index (χ4v) is 2.77. The van der Waals surface area contributed by atoms with Gasteiger partial charge in [-0.15, -0.1) is 0 Å². The van der Waals surface area contributed by atoms with Crippen molar-refractivity contribution in [1.82, 2.24) is 4.57 Å². The molecule has 2 rings (SSSR count). The predicted octanol–water partition coefficient (Wildman–Crippen LogP) is 1.43. The molecule has 25 heavy (non-hydrogen) atoms. The van der Waals surface area contributed by atoms with Crippen molar-refractivity contribution in [3.63, 3.8) is 0 Å². The van der Waals surface area contributed by atoms with Gasteiger partial charge in [0, 0.05) is 42.8 Å². The van der Waals surface area contributed by atoms with Gasteiger partial charge in [0.2, 0.25) is 0 Å². The van der Waals surface area contributed by atoms with Gasteiger partial charge in [0.05, 0.1) is 15.5 Å². The molecule has 0 spiro atoms. The van der Waals surface area contributed by atoms with Gasteiger partial charge in [-0.3, -0.25) is 19.7 Å². The third kappa shape index (κ3) is 4.29. The minimum absolute atomic E-state index is 0.177. The maximum absolute atomic E-state index is 12.3. The minimum atomic E-state index is -3.73. The molecule has 1 N–H and O–H groups in total. The Morgan fingerprint density at radius 3 is 2.52 bits per heavy atom. The number of aryl methyl sites for hydroxylation is 1. The number of hydrogen-bond donors (Lipinski definition) is 1. The van der Waals surface area contributed by atoms with E-state index >= 15 is 0 Å². The number of carbonyl (C=O) groups is 1. The lowest BCUT2D eigenvalue weighted by Gasteiger charge is -2.09. The van der Waals surface area contributed by atoms with Gasteiger partial charge >= 0.3 is 0 Å². The molecule has 0 bridgehead atoms. The molecule has 2 aromatic rings. The van der Waals surface area contributed by atoms with Gasteiger partial charge in [-0.05, 0) is 19.1 Å². The fraction of sp³-hybridized carbons (Fsp3) is 0.200. The van der Waals surface area contributed by atoms with Crippen LogP contribution >= 0.6 is 0 Å². The van der Waals surface area contributed by atoms with Crippen LogP contribution in [0.2, 0.25) is 0 Å². The minimum Gasteiger partial charge on any atom is -0.321 e. The number of amides is 1. The molecule has 0 aliphatic carbocycles. The van der Waals surface area contributed by atoms with E-state index in [1.165, 1.54) is 22.9 Å². The number of nitro benzene ring substituents is 1. The Morgan fingerprint density at radius 2 is 1.96 bits per heavy atom. The average molecular weight is 365 g/mol. The lowest BCUT2D eigenvalue weighted by Crippen LogP contribution is -2.20. The lowest BCUT2D eigenvalue weighted by molar-refractivity contribution is -0.385. The zero-order valence-corrected chi connectivity index (χ0v) is 14.2. The topological polar surface area (TPSA) is 128 Å². The summed E-state index contributed by atoms with van der Waals surface area (Å²) in [6, 6.07) is 5.60. The number of sulfone groups is 1. The number of nitro groups is 1. The van der Waals surface area contributed by atoms with E-state index in [1.807, 2.05) is 0 Å². The molecular formula is C15H15N3O6S. The normalized spacial score (nSPS) is 11.1. The SMILES string of the molecule is CCn1cc(NC(=O)c2cc([N+](=O)[O-])cc(S(C)(=O)=O)c2)ccc1=O. The van der Waals surface area contributed by atoms with Crippen molar-refractivity contribution in [2.24, 2.45) is 0 Å². The summed E-state index contributed by atoms with van der Waals surface area (Å²) in [5.74, 6) is -0.727. The summed E-state index contributed by atoms with van der Waals surface area (Å²) in [5, 5.41) is 13.5. The summed E-state index contributed by atoms with van der Waals surface area (Å²) in [4.78, 5) is 33.7. The van der Waals surface area contributed by atoms with E-state index in [-0.39, 0.29) is 16.0 Å². The number of nitrogens with zero attached hydrogens (tertiary/aromatic N) is 2. The van der Waals surface area contributed by atoms with Crippen LogP contribution in [-0.2, 0) is 16.4 Å². The Labute approximate surface area is 143 Å². The van der Waals surface area contributed by atoms with Gasteiger partial charge in [0.1, 0.15) is 0 Å². The molecule has 1 heterocycles. The van der Waals surface area contributed by atoms with E-state index in [4.69, 9.17) is 0 Å². The van der Waals surface area contributed by atoms with Crippen LogP contribution in [0.3, 0.4) is 0 Å². The summed E-state index contributed by atoms with van der Waals surface area (Å²) < 4.78 is 24.7. The Balaban J connectivity index is 2.43. The first-order valence-corrected chi connectivity index (χ1v) is 9.02. The molecule has 0 saturated heterocycles. The molecule has 0 saturated carbocycles. The van der Waals surface area contributed by atoms with Crippen molar-refractivity contribution in [3.05, 3.63) is 62.6 Å². The van der Waals surface area contributed by atoms with E-state index in [9.17, 15) is 28.1 Å². The predicted molar refractivity (Wildman–Crippen MR) is 90.5 cm³/mol. The zero-order chi connectivity index (χ0) is 18.8. The third-order valence-electron chi connectivity index (χ3n) is 3.37. The molecule has 0 aliphatic rings.